The fourth-order valence-corrected chi connectivity index (χ4v) is 2.38. The van der Waals surface area contributed by atoms with E-state index >= 15 is 0 Å². The van der Waals surface area contributed by atoms with E-state index < -0.39 is 0 Å². The van der Waals surface area contributed by atoms with Crippen LogP contribution in [0, 0.1) is 5.92 Å². The summed E-state index contributed by atoms with van der Waals surface area (Å²) in [4.78, 5) is 1.06. The SMILES string of the molecule is CCCCCCCC(C)Cc1ccc(S)cc1. The standard InChI is InChI=1S/C16H26S/c1-3-4-5-6-7-8-14(2)13-15-9-11-16(17)12-10-15/h9-12,14,17H,3-8,13H2,1-2H3. The van der Waals surface area contributed by atoms with Gasteiger partial charge >= 0.3 is 0 Å². The Morgan fingerprint density at radius 2 is 1.65 bits per heavy atom. The van der Waals surface area contributed by atoms with Gasteiger partial charge in [-0.25, -0.2) is 0 Å². The van der Waals surface area contributed by atoms with Crippen molar-refractivity contribution in [2.24, 2.45) is 5.92 Å². The van der Waals surface area contributed by atoms with Crippen LogP contribution in [-0.2, 0) is 6.42 Å². The van der Waals surface area contributed by atoms with E-state index in [1.54, 1.807) is 0 Å². The van der Waals surface area contributed by atoms with Gasteiger partial charge in [-0.2, -0.15) is 0 Å². The number of unbranched alkanes of at least 4 members (excludes halogenated alkanes) is 4. The molecule has 0 N–H and O–H groups in total. The zero-order valence-electron chi connectivity index (χ0n) is 11.3. The van der Waals surface area contributed by atoms with E-state index in [4.69, 9.17) is 0 Å². The van der Waals surface area contributed by atoms with Crippen molar-refractivity contribution in [1.82, 2.24) is 0 Å². The van der Waals surface area contributed by atoms with Crippen molar-refractivity contribution in [2.45, 2.75) is 63.7 Å². The molecule has 0 spiro atoms. The van der Waals surface area contributed by atoms with Gasteiger partial charge < -0.3 is 0 Å². The van der Waals surface area contributed by atoms with Crippen molar-refractivity contribution in [3.8, 4) is 0 Å². The number of thiol groups is 1. The Morgan fingerprint density at radius 3 is 2.29 bits per heavy atom. The molecule has 0 aliphatic carbocycles. The molecule has 0 saturated heterocycles. The highest BCUT2D eigenvalue weighted by molar-refractivity contribution is 7.80. The first-order valence-electron chi connectivity index (χ1n) is 7.00. The van der Waals surface area contributed by atoms with Crippen molar-refractivity contribution in [3.05, 3.63) is 29.8 Å². The largest absolute Gasteiger partial charge is 0.143 e. The second-order valence-electron chi connectivity index (χ2n) is 5.18. The van der Waals surface area contributed by atoms with Gasteiger partial charge in [0.1, 0.15) is 0 Å². The summed E-state index contributed by atoms with van der Waals surface area (Å²) in [5.41, 5.74) is 1.45. The second kappa shape index (κ2) is 8.63. The number of rotatable bonds is 8. The second-order valence-corrected chi connectivity index (χ2v) is 5.70. The zero-order chi connectivity index (χ0) is 12.5. The lowest BCUT2D eigenvalue weighted by Crippen LogP contribution is -1.99. The van der Waals surface area contributed by atoms with Crippen molar-refractivity contribution in [2.75, 3.05) is 0 Å². The third kappa shape index (κ3) is 6.78. The van der Waals surface area contributed by atoms with E-state index in [9.17, 15) is 0 Å². The van der Waals surface area contributed by atoms with Crippen LogP contribution in [0.2, 0.25) is 0 Å². The highest BCUT2D eigenvalue weighted by Crippen LogP contribution is 2.17. The van der Waals surface area contributed by atoms with Crippen LogP contribution in [-0.4, -0.2) is 0 Å². The van der Waals surface area contributed by atoms with E-state index in [1.165, 1.54) is 50.5 Å². The molecule has 0 aliphatic rings. The summed E-state index contributed by atoms with van der Waals surface area (Å²) in [7, 11) is 0. The molecule has 1 atom stereocenters. The van der Waals surface area contributed by atoms with Gasteiger partial charge in [-0.1, -0.05) is 64.5 Å². The first-order valence-corrected chi connectivity index (χ1v) is 7.45. The average molecular weight is 250 g/mol. The Kier molecular flexibility index (Phi) is 7.43. The lowest BCUT2D eigenvalue weighted by Gasteiger charge is -2.11. The first-order chi connectivity index (χ1) is 8.22. The fraction of sp³-hybridized carbons (Fsp3) is 0.625. The van der Waals surface area contributed by atoms with Crippen LogP contribution >= 0.6 is 12.6 Å². The molecule has 96 valence electrons. The summed E-state index contributed by atoms with van der Waals surface area (Å²) >= 11 is 4.31. The molecule has 1 rings (SSSR count). The minimum Gasteiger partial charge on any atom is -0.143 e. The topological polar surface area (TPSA) is 0 Å². The first kappa shape index (κ1) is 14.6. The summed E-state index contributed by atoms with van der Waals surface area (Å²) in [6.45, 7) is 4.64. The molecule has 17 heavy (non-hydrogen) atoms. The van der Waals surface area contributed by atoms with Crippen LogP contribution in [0.25, 0.3) is 0 Å². The van der Waals surface area contributed by atoms with Gasteiger partial charge in [-0.15, -0.1) is 12.6 Å². The van der Waals surface area contributed by atoms with Gasteiger partial charge in [-0.05, 0) is 30.0 Å². The number of benzene rings is 1. The van der Waals surface area contributed by atoms with Crippen LogP contribution in [0.15, 0.2) is 29.2 Å². The predicted molar refractivity (Wildman–Crippen MR) is 79.9 cm³/mol. The van der Waals surface area contributed by atoms with Crippen molar-refractivity contribution >= 4 is 12.6 Å². The van der Waals surface area contributed by atoms with E-state index in [-0.39, 0.29) is 0 Å². The van der Waals surface area contributed by atoms with Crippen molar-refractivity contribution in [3.63, 3.8) is 0 Å². The van der Waals surface area contributed by atoms with Crippen LogP contribution in [0.5, 0.6) is 0 Å². The third-order valence-electron chi connectivity index (χ3n) is 3.32. The minimum atomic E-state index is 0.808. The fourth-order valence-electron chi connectivity index (χ4n) is 2.23. The molecule has 0 nitrogen and oxygen atoms in total. The molecule has 0 heterocycles. The summed E-state index contributed by atoms with van der Waals surface area (Å²) in [5.74, 6) is 0.808. The number of hydrogen-bond donors (Lipinski definition) is 1. The summed E-state index contributed by atoms with van der Waals surface area (Å²) in [6.07, 6.45) is 9.54. The molecule has 0 aromatic heterocycles. The van der Waals surface area contributed by atoms with E-state index in [0.717, 1.165) is 10.8 Å². The van der Waals surface area contributed by atoms with Crippen molar-refractivity contribution in [1.29, 1.82) is 0 Å². The van der Waals surface area contributed by atoms with E-state index in [2.05, 4.69) is 50.7 Å². The Morgan fingerprint density at radius 1 is 1.00 bits per heavy atom. The van der Waals surface area contributed by atoms with Crippen molar-refractivity contribution < 1.29 is 0 Å². The molecular formula is C16H26S. The van der Waals surface area contributed by atoms with Gasteiger partial charge in [0.25, 0.3) is 0 Å². The lowest BCUT2D eigenvalue weighted by atomic mass is 9.95. The van der Waals surface area contributed by atoms with E-state index in [0.29, 0.717) is 0 Å². The van der Waals surface area contributed by atoms with Gasteiger partial charge in [0, 0.05) is 4.90 Å². The molecule has 1 aromatic carbocycles. The quantitative estimate of drug-likeness (QED) is 0.456. The van der Waals surface area contributed by atoms with Gasteiger partial charge in [0.05, 0.1) is 0 Å². The maximum atomic E-state index is 4.31. The summed E-state index contributed by atoms with van der Waals surface area (Å²) in [5, 5.41) is 0. The lowest BCUT2D eigenvalue weighted by molar-refractivity contribution is 0.483. The van der Waals surface area contributed by atoms with Crippen LogP contribution < -0.4 is 0 Å². The number of hydrogen-bond acceptors (Lipinski definition) is 1. The molecule has 0 amide bonds. The van der Waals surface area contributed by atoms with E-state index in [1.807, 2.05) is 0 Å². The minimum absolute atomic E-state index is 0.808. The van der Waals surface area contributed by atoms with Crippen LogP contribution in [0.1, 0.15) is 57.9 Å². The highest BCUT2D eigenvalue weighted by Gasteiger charge is 2.03. The molecular weight excluding hydrogens is 224 g/mol. The summed E-state index contributed by atoms with van der Waals surface area (Å²) in [6, 6.07) is 8.59. The van der Waals surface area contributed by atoms with Crippen LogP contribution in [0.4, 0.5) is 0 Å². The van der Waals surface area contributed by atoms with Gasteiger partial charge in [0.15, 0.2) is 0 Å². The molecule has 0 saturated carbocycles. The monoisotopic (exact) mass is 250 g/mol. The molecule has 0 fully saturated rings. The molecule has 1 heteroatoms. The highest BCUT2D eigenvalue weighted by atomic mass is 32.1. The molecule has 0 bridgehead atoms. The zero-order valence-corrected chi connectivity index (χ0v) is 12.2. The molecule has 1 aromatic rings. The van der Waals surface area contributed by atoms with Crippen LogP contribution in [0.3, 0.4) is 0 Å². The maximum absolute atomic E-state index is 4.31. The normalized spacial score (nSPS) is 12.6. The average Bonchev–Trinajstić information content (AvgIpc) is 2.32. The Hall–Kier alpha value is -0.430. The van der Waals surface area contributed by atoms with Gasteiger partial charge in [-0.3, -0.25) is 0 Å². The maximum Gasteiger partial charge on any atom is 0.00401 e. The smallest absolute Gasteiger partial charge is 0.00401 e. The molecule has 0 radical (unpaired) electrons. The molecule has 0 aliphatic heterocycles. The summed E-state index contributed by atoms with van der Waals surface area (Å²) < 4.78 is 0. The van der Waals surface area contributed by atoms with Gasteiger partial charge in [0.2, 0.25) is 0 Å². The third-order valence-corrected chi connectivity index (χ3v) is 3.62. The Balaban J connectivity index is 2.16. The Labute approximate surface area is 112 Å². The predicted octanol–water partition coefficient (Wildman–Crippen LogP) is 5.51. The Bertz CT molecular complexity index is 289. The molecule has 1 unspecified atom stereocenters.